The summed E-state index contributed by atoms with van der Waals surface area (Å²) in [4.78, 5) is 131. The Labute approximate surface area is 594 Å². The fourth-order valence-corrected chi connectivity index (χ4v) is 15.8. The Morgan fingerprint density at radius 3 is 2.27 bits per heavy atom. The first-order valence-corrected chi connectivity index (χ1v) is 36.7. The Hall–Kier alpha value is -9.91. The lowest BCUT2D eigenvalue weighted by Gasteiger charge is -2.57. The largest absolute Gasteiger partial charge is 0.476 e. The van der Waals surface area contributed by atoms with Crippen LogP contribution in [0.25, 0.3) is 43.6 Å². The molecule has 5 heterocycles. The molecule has 102 heavy (non-hydrogen) atoms. The van der Waals surface area contributed by atoms with Crippen molar-refractivity contribution >= 4 is 107 Å². The maximum atomic E-state index is 13.9. The Balaban J connectivity index is 0.742. The van der Waals surface area contributed by atoms with Gasteiger partial charge >= 0.3 is 18.1 Å². The second kappa shape index (κ2) is 32.8. The molecule has 3 unspecified atom stereocenters. The number of carbonyl (C=O) groups excluding carboxylic acids is 8. The third-order valence-corrected chi connectivity index (χ3v) is 20.6. The number of fused-ring (bicyclic) bond motifs is 4. The van der Waals surface area contributed by atoms with Gasteiger partial charge < -0.3 is 51.5 Å². The van der Waals surface area contributed by atoms with Gasteiger partial charge in [-0.05, 0) is 141 Å². The topological polar surface area (TPSA) is 399 Å². The van der Waals surface area contributed by atoms with Gasteiger partial charge in [-0.3, -0.25) is 48.2 Å². The molecule has 542 valence electrons. The summed E-state index contributed by atoms with van der Waals surface area (Å²) in [5.41, 5.74) is 8.63. The van der Waals surface area contributed by atoms with Crippen LogP contribution >= 0.6 is 11.3 Å². The number of nitrogens with zero attached hydrogens (tertiary/aromatic N) is 6. The average molecular weight is 1440 g/mol. The number of pyridine rings is 1. The number of nitrogens with one attached hydrogen (secondary N) is 6. The van der Waals surface area contributed by atoms with E-state index < -0.39 is 75.9 Å². The van der Waals surface area contributed by atoms with Crippen LogP contribution < -0.4 is 32.3 Å². The molecule has 0 radical (unpaired) electrons. The van der Waals surface area contributed by atoms with Crippen molar-refractivity contribution in [1.82, 2.24) is 50.5 Å². The number of anilines is 2. The predicted octanol–water partition coefficient (Wildman–Crippen LogP) is 9.59. The number of H-pyrrole nitrogens is 1. The van der Waals surface area contributed by atoms with Gasteiger partial charge in [-0.25, -0.2) is 24.4 Å². The lowest BCUT2D eigenvalue weighted by atomic mass is 9.51. The lowest BCUT2D eigenvalue weighted by Crippen LogP contribution is -2.54. The summed E-state index contributed by atoms with van der Waals surface area (Å²) in [5, 5.41) is 30.0. The number of unbranched alkanes of at least 4 members (excludes halogenated alkanes) is 2. The maximum Gasteiger partial charge on any atom is 0.410 e. The summed E-state index contributed by atoms with van der Waals surface area (Å²) in [6.07, 6.45) is 13.6. The Kier molecular flexibility index (Phi) is 24.1. The number of amides is 9. The number of para-hydroxylation sites is 2. The normalized spacial score (nSPS) is 18.6. The van der Waals surface area contributed by atoms with Crippen molar-refractivity contribution < 1.29 is 70.7 Å². The van der Waals surface area contributed by atoms with Gasteiger partial charge in [-0.2, -0.15) is 13.5 Å². The third kappa shape index (κ3) is 19.8. The number of hydrogen-bond acceptors (Lipinski definition) is 17. The monoisotopic (exact) mass is 1440 g/mol. The minimum Gasteiger partial charge on any atom is -0.476 e. The number of aromatic carboxylic acids is 1. The van der Waals surface area contributed by atoms with E-state index in [1.165, 1.54) is 28.4 Å². The van der Waals surface area contributed by atoms with Crippen LogP contribution in [0.3, 0.4) is 0 Å². The molecule has 3 aliphatic rings. The minimum atomic E-state index is -4.52. The summed E-state index contributed by atoms with van der Waals surface area (Å²) in [6.45, 7) is 8.12. The molecular formula is C72H87N13O15S2. The van der Waals surface area contributed by atoms with E-state index in [9.17, 15) is 61.2 Å². The van der Waals surface area contributed by atoms with Gasteiger partial charge in [-0.15, -0.1) is 0 Å². The quantitative estimate of drug-likeness (QED) is 0.0103. The molecule has 2 fully saturated rings. The molecule has 28 nitrogen and oxygen atoms in total. The zero-order valence-electron chi connectivity index (χ0n) is 57.5. The van der Waals surface area contributed by atoms with Gasteiger partial charge in [0, 0.05) is 79.7 Å². The SMILES string of the molecule is CC(C)C(NC(=O)CCCCCN1C(=O)C=CC1=O)C(=O)N[C@@H](CCCNC(N)=O)C(=O)Nc1ccc(COC(=O)N(CCOC2(CCCn3cc(-c4ccc(-c5cc6cccc(C(=O)Nc7nc8ccccc8s7)c6[nH]5)nc4C(=O)O)cn3)CC3(C)CCCC(C)(C3)C2)CCS(=O)(=O)O)cc1. The number of primary amides is 1. The zero-order chi connectivity index (χ0) is 72.9. The van der Waals surface area contributed by atoms with Crippen LogP contribution in [0.1, 0.15) is 144 Å². The van der Waals surface area contributed by atoms with Crippen LogP contribution in [0.5, 0.6) is 0 Å². The average Bonchev–Trinajstić information content (AvgIpc) is 0.964. The molecule has 2 saturated carbocycles. The van der Waals surface area contributed by atoms with Gasteiger partial charge in [0.15, 0.2) is 10.8 Å². The molecule has 4 aromatic heterocycles. The Morgan fingerprint density at radius 2 is 1.57 bits per heavy atom. The second-order valence-corrected chi connectivity index (χ2v) is 30.3. The number of urea groups is 1. The number of aromatic nitrogens is 5. The van der Waals surface area contributed by atoms with Crippen molar-refractivity contribution in [1.29, 1.82) is 0 Å². The van der Waals surface area contributed by atoms with E-state index >= 15 is 0 Å². The fourth-order valence-electron chi connectivity index (χ4n) is 14.4. The van der Waals surface area contributed by atoms with Crippen LogP contribution in [-0.4, -0.2) is 162 Å². The zero-order valence-corrected chi connectivity index (χ0v) is 59.1. The van der Waals surface area contributed by atoms with Crippen LogP contribution in [0, 0.1) is 16.7 Å². The summed E-state index contributed by atoms with van der Waals surface area (Å²) in [5.74, 6) is -5.12. The van der Waals surface area contributed by atoms with E-state index in [2.05, 4.69) is 60.5 Å². The van der Waals surface area contributed by atoms with Crippen LogP contribution in [0.15, 0.2) is 109 Å². The molecule has 30 heteroatoms. The molecule has 2 aliphatic carbocycles. The summed E-state index contributed by atoms with van der Waals surface area (Å²) in [7, 11) is -4.52. The maximum absolute atomic E-state index is 13.9. The number of carboxylic acids is 1. The number of nitrogens with two attached hydrogens (primary N) is 1. The predicted molar refractivity (Wildman–Crippen MR) is 382 cm³/mol. The van der Waals surface area contributed by atoms with Crippen LogP contribution in [0.2, 0.25) is 0 Å². The Morgan fingerprint density at radius 1 is 0.824 bits per heavy atom. The number of carboxylic acid groups (broad SMARTS) is 1. The van der Waals surface area contributed by atoms with Crippen LogP contribution in [0.4, 0.5) is 20.4 Å². The Bertz CT molecular complexity index is 4350. The van der Waals surface area contributed by atoms with Crippen LogP contribution in [-0.2, 0) is 56.7 Å². The van der Waals surface area contributed by atoms with Gasteiger partial charge in [0.2, 0.25) is 17.7 Å². The third-order valence-electron chi connectivity index (χ3n) is 18.9. The van der Waals surface area contributed by atoms with Crippen molar-refractivity contribution in [2.45, 2.75) is 148 Å². The van der Waals surface area contributed by atoms with E-state index in [-0.39, 0.29) is 92.3 Å². The molecule has 10 rings (SSSR count). The minimum absolute atomic E-state index is 0.0125. The van der Waals surface area contributed by atoms with E-state index in [0.717, 1.165) is 59.0 Å². The van der Waals surface area contributed by atoms with Crippen molar-refractivity contribution in [2.75, 3.05) is 49.2 Å². The van der Waals surface area contributed by atoms with Crippen molar-refractivity contribution in [3.05, 3.63) is 126 Å². The second-order valence-electron chi connectivity index (χ2n) is 27.7. The number of imide groups is 1. The van der Waals surface area contributed by atoms with E-state index in [4.69, 9.17) is 15.2 Å². The molecule has 4 atom stereocenters. The number of aromatic amines is 1. The van der Waals surface area contributed by atoms with Crippen molar-refractivity contribution in [3.8, 4) is 22.5 Å². The lowest BCUT2D eigenvalue weighted by molar-refractivity contribution is -0.160. The standard InChI is InChI=1S/C72H87N13O15S2/c1-45(2)60(81-57(86)19-6-5-9-33-85-58(87)26-27-59(85)88)65(91)79-54(17-11-31-74-67(73)94)64(90)76-49-22-20-46(21-23-49)41-99-69(95)83(35-37-102(96,97)98)34-36-100-72(43-70(3)28-12-29-71(4,42-70)44-72)30-13-32-84-40-48(39-75-84)50-24-25-52(77-62(50)66(92)93)55-38-47-14-10-15-51(61(47)78-55)63(89)82-68-80-53-16-7-8-18-56(53)101-68/h7-8,10,14-16,18,20-27,38-40,45,54,60,78H,5-6,9,11-13,17,19,28-37,41-44H2,1-4H3,(H,76,90)(H,79,91)(H,81,86)(H,92,93)(H3,73,74,94)(H,80,82,89)(H,96,97,98)/t54-,60?,70?,71?,72?/m0/s1. The smallest absolute Gasteiger partial charge is 0.410 e. The van der Waals surface area contributed by atoms with E-state index in [1.807, 2.05) is 36.4 Å². The summed E-state index contributed by atoms with van der Waals surface area (Å²) in [6, 6.07) is 21.6. The van der Waals surface area contributed by atoms with Crippen molar-refractivity contribution in [2.24, 2.45) is 22.5 Å². The van der Waals surface area contributed by atoms with Gasteiger partial charge in [0.25, 0.3) is 27.8 Å². The molecule has 0 saturated heterocycles. The molecule has 3 aromatic carbocycles. The number of rotatable bonds is 34. The van der Waals surface area contributed by atoms with Crippen molar-refractivity contribution in [3.63, 3.8) is 0 Å². The first kappa shape index (κ1) is 74.8. The fraction of sp³-hybridized carbons (Fsp3) is 0.444. The molecule has 10 N–H and O–H groups in total. The number of hydrogen-bond donors (Lipinski definition) is 9. The molecule has 7 aromatic rings. The summed E-state index contributed by atoms with van der Waals surface area (Å²) < 4.78 is 49.4. The molecule has 0 spiro atoms. The van der Waals surface area contributed by atoms with Gasteiger partial charge in [0.05, 0.1) is 56.8 Å². The van der Waals surface area contributed by atoms with Gasteiger partial charge in [-0.1, -0.05) is 88.3 Å². The highest BCUT2D eigenvalue weighted by atomic mass is 32.2. The van der Waals surface area contributed by atoms with Gasteiger partial charge in [0.1, 0.15) is 18.7 Å². The molecule has 1 aliphatic heterocycles. The van der Waals surface area contributed by atoms with E-state index in [0.29, 0.717) is 88.6 Å². The van der Waals surface area contributed by atoms with E-state index in [1.54, 1.807) is 79.5 Å². The summed E-state index contributed by atoms with van der Waals surface area (Å²) >= 11 is 1.37. The number of thiazole rings is 1. The molecular weight excluding hydrogens is 1350 g/mol. The molecule has 9 amide bonds. The number of aryl methyl sites for hydroxylation is 1. The highest BCUT2D eigenvalue weighted by Gasteiger charge is 2.53. The molecule has 2 bridgehead atoms. The number of ether oxygens (including phenoxy) is 2. The first-order valence-electron chi connectivity index (χ1n) is 34.3. The number of carbonyl (C=O) groups is 9. The highest BCUT2D eigenvalue weighted by molar-refractivity contribution is 7.85. The highest BCUT2D eigenvalue weighted by Crippen LogP contribution is 2.60. The first-order chi connectivity index (χ1) is 48.6. The number of benzene rings is 3.